The van der Waals surface area contributed by atoms with Gasteiger partial charge < -0.3 is 19.9 Å². The number of ether oxygens (including phenoxy) is 1. The third-order valence-corrected chi connectivity index (χ3v) is 4.95. The van der Waals surface area contributed by atoms with Gasteiger partial charge >= 0.3 is 0 Å². The lowest BCUT2D eigenvalue weighted by Gasteiger charge is -2.22. The van der Waals surface area contributed by atoms with E-state index in [-0.39, 0.29) is 0 Å². The maximum atomic E-state index is 5.89. The molecule has 6 heteroatoms. The van der Waals surface area contributed by atoms with Crippen LogP contribution >= 0.6 is 0 Å². The predicted octanol–water partition coefficient (Wildman–Crippen LogP) is 1.56. The minimum absolute atomic E-state index is 0.342. The molecule has 0 saturated carbocycles. The summed E-state index contributed by atoms with van der Waals surface area (Å²) in [5, 5.41) is 6.87. The van der Waals surface area contributed by atoms with Crippen molar-refractivity contribution in [2.75, 3.05) is 7.05 Å². The van der Waals surface area contributed by atoms with Gasteiger partial charge in [0.15, 0.2) is 5.96 Å². The Balaban J connectivity index is 1.41. The Morgan fingerprint density at radius 2 is 2.26 bits per heavy atom. The van der Waals surface area contributed by atoms with Crippen LogP contribution in [-0.4, -0.2) is 40.8 Å². The molecule has 4 rings (SSSR count). The van der Waals surface area contributed by atoms with E-state index in [4.69, 9.17) is 4.74 Å². The van der Waals surface area contributed by atoms with E-state index in [9.17, 15) is 0 Å². The highest BCUT2D eigenvalue weighted by atomic mass is 16.5. The molecule has 1 aromatic carbocycles. The molecule has 2 aliphatic heterocycles. The summed E-state index contributed by atoms with van der Waals surface area (Å²) in [6.45, 7) is 0.645. The van der Waals surface area contributed by atoms with E-state index in [2.05, 4.69) is 31.2 Å². The number of para-hydroxylation sites is 2. The van der Waals surface area contributed by atoms with E-state index in [1.165, 1.54) is 6.42 Å². The molecule has 3 atom stereocenters. The van der Waals surface area contributed by atoms with Crippen LogP contribution < -0.4 is 10.6 Å². The Morgan fingerprint density at radius 3 is 2.96 bits per heavy atom. The Morgan fingerprint density at radius 1 is 1.39 bits per heavy atom. The number of aryl methyl sites for hydroxylation is 1. The van der Waals surface area contributed by atoms with Crippen LogP contribution in [0.2, 0.25) is 0 Å². The summed E-state index contributed by atoms with van der Waals surface area (Å²) < 4.78 is 8.01. The number of hydrogen-bond donors (Lipinski definition) is 2. The Bertz CT molecular complexity index is 738. The third kappa shape index (κ3) is 2.67. The quantitative estimate of drug-likeness (QED) is 0.667. The largest absolute Gasteiger partial charge is 0.373 e. The first-order chi connectivity index (χ1) is 11.2. The van der Waals surface area contributed by atoms with Gasteiger partial charge in [0.1, 0.15) is 5.82 Å². The van der Waals surface area contributed by atoms with Crippen molar-refractivity contribution in [1.82, 2.24) is 20.2 Å². The molecule has 0 amide bonds. The fourth-order valence-corrected chi connectivity index (χ4v) is 3.68. The van der Waals surface area contributed by atoms with Crippen molar-refractivity contribution in [3.8, 4) is 0 Å². The number of aliphatic imine (C=N–C) groups is 1. The van der Waals surface area contributed by atoms with Crippen LogP contribution in [0.1, 0.15) is 25.1 Å². The average molecular weight is 313 g/mol. The molecule has 23 heavy (non-hydrogen) atoms. The molecule has 2 N–H and O–H groups in total. The van der Waals surface area contributed by atoms with Crippen molar-refractivity contribution in [2.24, 2.45) is 12.0 Å². The van der Waals surface area contributed by atoms with Gasteiger partial charge in [-0.05, 0) is 31.4 Å². The maximum Gasteiger partial charge on any atom is 0.191 e. The zero-order valence-corrected chi connectivity index (χ0v) is 13.6. The fraction of sp³-hybridized carbons (Fsp3) is 0.529. The summed E-state index contributed by atoms with van der Waals surface area (Å²) >= 11 is 0. The molecule has 2 bridgehead atoms. The van der Waals surface area contributed by atoms with E-state index >= 15 is 0 Å². The lowest BCUT2D eigenvalue weighted by atomic mass is 9.96. The van der Waals surface area contributed by atoms with Gasteiger partial charge in [-0.3, -0.25) is 4.99 Å². The lowest BCUT2D eigenvalue weighted by molar-refractivity contribution is 0.0992. The van der Waals surface area contributed by atoms with E-state index in [1.807, 2.05) is 25.2 Å². The van der Waals surface area contributed by atoms with Crippen molar-refractivity contribution < 1.29 is 4.74 Å². The van der Waals surface area contributed by atoms with Crippen molar-refractivity contribution in [1.29, 1.82) is 0 Å². The highest BCUT2D eigenvalue weighted by Crippen LogP contribution is 2.34. The monoisotopic (exact) mass is 313 g/mol. The van der Waals surface area contributed by atoms with Crippen molar-refractivity contribution >= 4 is 17.0 Å². The fourth-order valence-electron chi connectivity index (χ4n) is 3.68. The van der Waals surface area contributed by atoms with Gasteiger partial charge in [-0.25, -0.2) is 4.98 Å². The molecule has 3 heterocycles. The molecule has 3 unspecified atom stereocenters. The highest BCUT2D eigenvalue weighted by molar-refractivity contribution is 5.80. The van der Waals surface area contributed by atoms with Crippen molar-refractivity contribution in [2.45, 2.75) is 44.1 Å². The zero-order valence-electron chi connectivity index (χ0n) is 13.6. The molecule has 1 aromatic heterocycles. The topological polar surface area (TPSA) is 63.5 Å². The van der Waals surface area contributed by atoms with Crippen LogP contribution in [0.5, 0.6) is 0 Å². The van der Waals surface area contributed by atoms with Crippen LogP contribution in [0.25, 0.3) is 11.0 Å². The van der Waals surface area contributed by atoms with Gasteiger partial charge in [-0.2, -0.15) is 0 Å². The molecule has 6 nitrogen and oxygen atoms in total. The van der Waals surface area contributed by atoms with Crippen molar-refractivity contribution in [3.63, 3.8) is 0 Å². The van der Waals surface area contributed by atoms with E-state index in [0.717, 1.165) is 35.7 Å². The number of rotatable bonds is 3. The van der Waals surface area contributed by atoms with Crippen LogP contribution in [0.4, 0.5) is 0 Å². The van der Waals surface area contributed by atoms with Crippen LogP contribution in [0, 0.1) is 0 Å². The van der Waals surface area contributed by atoms with Gasteiger partial charge in [0, 0.05) is 14.1 Å². The van der Waals surface area contributed by atoms with Crippen molar-refractivity contribution in [3.05, 3.63) is 30.1 Å². The van der Waals surface area contributed by atoms with E-state index < -0.39 is 0 Å². The summed E-state index contributed by atoms with van der Waals surface area (Å²) in [7, 11) is 3.85. The number of hydrogen-bond acceptors (Lipinski definition) is 3. The van der Waals surface area contributed by atoms with Gasteiger partial charge in [0.05, 0.1) is 35.8 Å². The number of guanidine groups is 1. The molecular formula is C17H23N5O. The SMILES string of the molecule is CN=C(NCc1nc2ccccc2n1C)NC1CC2CCC1O2. The van der Waals surface area contributed by atoms with Crippen LogP contribution in [0.3, 0.4) is 0 Å². The number of fused-ring (bicyclic) bond motifs is 3. The van der Waals surface area contributed by atoms with E-state index in [0.29, 0.717) is 24.8 Å². The molecule has 0 radical (unpaired) electrons. The summed E-state index contributed by atoms with van der Waals surface area (Å²) in [4.78, 5) is 9.02. The van der Waals surface area contributed by atoms with Crippen LogP contribution in [-0.2, 0) is 18.3 Å². The Hall–Kier alpha value is -2.08. The second kappa shape index (κ2) is 5.85. The number of imidazole rings is 1. The smallest absolute Gasteiger partial charge is 0.191 e. The molecule has 0 spiro atoms. The third-order valence-electron chi connectivity index (χ3n) is 4.95. The standard InChI is InChI=1S/C17H23N5O/c1-18-17(21-13-9-11-7-8-15(13)23-11)19-10-16-20-12-5-3-4-6-14(12)22(16)2/h3-6,11,13,15H,7-10H2,1-2H3,(H2,18,19,21). The number of nitrogens with one attached hydrogen (secondary N) is 2. The summed E-state index contributed by atoms with van der Waals surface area (Å²) in [5.74, 6) is 1.82. The minimum atomic E-state index is 0.342. The maximum absolute atomic E-state index is 5.89. The first kappa shape index (κ1) is 14.5. The molecule has 2 saturated heterocycles. The van der Waals surface area contributed by atoms with Gasteiger partial charge in [0.2, 0.25) is 0 Å². The first-order valence-electron chi connectivity index (χ1n) is 8.27. The molecule has 122 valence electrons. The average Bonchev–Trinajstić information content (AvgIpc) is 3.27. The minimum Gasteiger partial charge on any atom is -0.373 e. The zero-order chi connectivity index (χ0) is 15.8. The normalized spacial score (nSPS) is 26.9. The Labute approximate surface area is 135 Å². The first-order valence-corrected chi connectivity index (χ1v) is 8.27. The number of benzene rings is 1. The van der Waals surface area contributed by atoms with Gasteiger partial charge in [0.25, 0.3) is 0 Å². The second-order valence-corrected chi connectivity index (χ2v) is 6.36. The summed E-state index contributed by atoms with van der Waals surface area (Å²) in [5.41, 5.74) is 2.17. The van der Waals surface area contributed by atoms with Gasteiger partial charge in [-0.15, -0.1) is 0 Å². The van der Waals surface area contributed by atoms with E-state index in [1.54, 1.807) is 7.05 Å². The highest BCUT2D eigenvalue weighted by Gasteiger charge is 2.41. The molecule has 2 aromatic rings. The predicted molar refractivity (Wildman–Crippen MR) is 90.3 cm³/mol. The lowest BCUT2D eigenvalue weighted by Crippen LogP contribution is -2.47. The molecule has 0 aliphatic carbocycles. The number of nitrogens with zero attached hydrogens (tertiary/aromatic N) is 3. The molecular weight excluding hydrogens is 290 g/mol. The Kier molecular flexibility index (Phi) is 3.69. The molecule has 2 aliphatic rings. The number of aromatic nitrogens is 2. The second-order valence-electron chi connectivity index (χ2n) is 6.36. The van der Waals surface area contributed by atoms with Crippen LogP contribution in [0.15, 0.2) is 29.3 Å². The summed E-state index contributed by atoms with van der Waals surface area (Å²) in [6, 6.07) is 8.56. The molecule has 2 fully saturated rings. The van der Waals surface area contributed by atoms with Gasteiger partial charge in [-0.1, -0.05) is 12.1 Å². The summed E-state index contributed by atoms with van der Waals surface area (Å²) in [6.07, 6.45) is 4.22.